The molecule has 1 rings (SSSR count). The molecule has 0 unspecified atom stereocenters. The molecule has 1 N–H and O–H groups in total. The minimum Gasteiger partial charge on any atom is -0.314 e. The number of hydrogen-bond donors (Lipinski definition) is 1. The smallest absolute Gasteiger partial charge is 0.120 e. The lowest BCUT2D eigenvalue weighted by Crippen LogP contribution is -2.39. The first kappa shape index (κ1) is 6.02. The molecule has 0 aliphatic carbocycles. The van der Waals surface area contributed by atoms with Crippen molar-refractivity contribution in [2.45, 2.75) is 25.4 Å². The van der Waals surface area contributed by atoms with Crippen molar-refractivity contribution in [1.82, 2.24) is 5.32 Å². The molecule has 0 spiro atoms. The van der Waals surface area contributed by atoms with Crippen molar-refractivity contribution < 1.29 is 4.39 Å². The number of halogens is 1. The van der Waals surface area contributed by atoms with Gasteiger partial charge in [0.15, 0.2) is 0 Å². The van der Waals surface area contributed by atoms with Crippen LogP contribution in [0.15, 0.2) is 0 Å². The minimum atomic E-state index is -0.932. The molecule has 2 heteroatoms. The van der Waals surface area contributed by atoms with Crippen LogP contribution in [0.3, 0.4) is 0 Å². The van der Waals surface area contributed by atoms with Gasteiger partial charge in [0.25, 0.3) is 0 Å². The molecule has 0 aromatic heterocycles. The third-order valence-corrected chi connectivity index (χ3v) is 1.55. The molecule has 0 radical (unpaired) electrons. The Kier molecular flexibility index (Phi) is 1.52. The number of piperidine rings is 1. The van der Waals surface area contributed by atoms with Crippen LogP contribution in [0.5, 0.6) is 0 Å². The van der Waals surface area contributed by atoms with E-state index in [1.807, 2.05) is 0 Å². The topological polar surface area (TPSA) is 12.0 Å². The number of alkyl halides is 1. The summed E-state index contributed by atoms with van der Waals surface area (Å²) in [5.41, 5.74) is -0.932. The average molecular weight is 117 g/mol. The lowest BCUT2D eigenvalue weighted by molar-refractivity contribution is 0.145. The molecule has 1 aliphatic heterocycles. The van der Waals surface area contributed by atoms with Gasteiger partial charge in [-0.15, -0.1) is 0 Å². The Morgan fingerprint density at radius 1 is 1.62 bits per heavy atom. The lowest BCUT2D eigenvalue weighted by Gasteiger charge is -2.25. The molecule has 0 aromatic carbocycles. The zero-order valence-corrected chi connectivity index (χ0v) is 5.21. The highest BCUT2D eigenvalue weighted by atomic mass is 19.1. The molecule has 1 atom stereocenters. The van der Waals surface area contributed by atoms with E-state index in [0.29, 0.717) is 6.54 Å². The van der Waals surface area contributed by atoms with Crippen LogP contribution in [-0.2, 0) is 0 Å². The molecule has 1 fully saturated rings. The Balaban J connectivity index is 2.33. The van der Waals surface area contributed by atoms with E-state index >= 15 is 0 Å². The fraction of sp³-hybridized carbons (Fsp3) is 1.00. The van der Waals surface area contributed by atoms with Gasteiger partial charge in [0.2, 0.25) is 0 Å². The van der Waals surface area contributed by atoms with Crippen molar-refractivity contribution in [3.05, 3.63) is 0 Å². The minimum absolute atomic E-state index is 0.535. The van der Waals surface area contributed by atoms with Crippen molar-refractivity contribution in [1.29, 1.82) is 0 Å². The Hall–Kier alpha value is -0.110. The maximum atomic E-state index is 12.8. The molecule has 0 bridgehead atoms. The van der Waals surface area contributed by atoms with Gasteiger partial charge in [0.05, 0.1) is 0 Å². The third kappa shape index (κ3) is 1.44. The summed E-state index contributed by atoms with van der Waals surface area (Å²) in [6.45, 7) is 3.17. The van der Waals surface area contributed by atoms with Crippen LogP contribution in [0.25, 0.3) is 0 Å². The highest BCUT2D eigenvalue weighted by Gasteiger charge is 2.24. The first-order chi connectivity index (χ1) is 3.71. The molecule has 1 saturated heterocycles. The van der Waals surface area contributed by atoms with Crippen LogP contribution in [-0.4, -0.2) is 18.8 Å². The maximum Gasteiger partial charge on any atom is 0.120 e. The van der Waals surface area contributed by atoms with Crippen molar-refractivity contribution >= 4 is 0 Å². The molecule has 0 aromatic rings. The Morgan fingerprint density at radius 2 is 2.38 bits per heavy atom. The van der Waals surface area contributed by atoms with Gasteiger partial charge in [-0.25, -0.2) is 4.39 Å². The predicted octanol–water partition coefficient (Wildman–Crippen LogP) is 1.10. The van der Waals surface area contributed by atoms with Gasteiger partial charge in [0, 0.05) is 6.54 Å². The molecular weight excluding hydrogens is 105 g/mol. The Labute approximate surface area is 49.3 Å². The first-order valence-electron chi connectivity index (χ1n) is 3.10. The summed E-state index contributed by atoms with van der Waals surface area (Å²) in [7, 11) is 0. The molecule has 0 saturated carbocycles. The van der Waals surface area contributed by atoms with Gasteiger partial charge in [-0.3, -0.25) is 0 Å². The maximum absolute atomic E-state index is 12.8. The summed E-state index contributed by atoms with van der Waals surface area (Å²) in [5, 5.41) is 3.00. The van der Waals surface area contributed by atoms with Crippen LogP contribution < -0.4 is 5.32 Å². The molecule has 1 nitrogen and oxygen atoms in total. The van der Waals surface area contributed by atoms with E-state index in [9.17, 15) is 4.39 Å². The van der Waals surface area contributed by atoms with Gasteiger partial charge in [-0.1, -0.05) is 0 Å². The third-order valence-electron chi connectivity index (χ3n) is 1.55. The average Bonchev–Trinajstić information content (AvgIpc) is 1.65. The van der Waals surface area contributed by atoms with Gasteiger partial charge in [-0.2, -0.15) is 0 Å². The Bertz CT molecular complexity index is 72.6. The van der Waals surface area contributed by atoms with E-state index in [1.54, 1.807) is 6.92 Å². The summed E-state index contributed by atoms with van der Waals surface area (Å²) >= 11 is 0. The molecule has 1 aliphatic rings. The van der Waals surface area contributed by atoms with E-state index in [2.05, 4.69) is 5.32 Å². The van der Waals surface area contributed by atoms with E-state index in [4.69, 9.17) is 0 Å². The normalized spacial score (nSPS) is 39.8. The molecule has 48 valence electrons. The van der Waals surface area contributed by atoms with Gasteiger partial charge < -0.3 is 5.32 Å². The van der Waals surface area contributed by atoms with Crippen LogP contribution in [0.2, 0.25) is 0 Å². The highest BCUT2D eigenvalue weighted by molar-refractivity contribution is 4.80. The fourth-order valence-corrected chi connectivity index (χ4v) is 1.02. The SMILES string of the molecule is C[C@@]1(F)CCCNC1. The largest absolute Gasteiger partial charge is 0.314 e. The van der Waals surface area contributed by atoms with Crippen LogP contribution in [0.4, 0.5) is 4.39 Å². The second kappa shape index (κ2) is 2.02. The Morgan fingerprint density at radius 3 is 2.62 bits per heavy atom. The van der Waals surface area contributed by atoms with Crippen molar-refractivity contribution in [3.8, 4) is 0 Å². The summed E-state index contributed by atoms with van der Waals surface area (Å²) in [5.74, 6) is 0. The zero-order chi connectivity index (χ0) is 6.04. The summed E-state index contributed by atoms with van der Waals surface area (Å²) in [6, 6.07) is 0. The van der Waals surface area contributed by atoms with Crippen LogP contribution in [0, 0.1) is 0 Å². The predicted molar refractivity (Wildman–Crippen MR) is 31.6 cm³/mol. The monoisotopic (exact) mass is 117 g/mol. The van der Waals surface area contributed by atoms with E-state index in [0.717, 1.165) is 19.4 Å². The number of hydrogen-bond acceptors (Lipinski definition) is 1. The fourth-order valence-electron chi connectivity index (χ4n) is 1.02. The second-order valence-electron chi connectivity index (χ2n) is 2.69. The summed E-state index contributed by atoms with van der Waals surface area (Å²) < 4.78 is 12.8. The van der Waals surface area contributed by atoms with E-state index in [-0.39, 0.29) is 0 Å². The molecule has 8 heavy (non-hydrogen) atoms. The molecule has 1 heterocycles. The van der Waals surface area contributed by atoms with Crippen molar-refractivity contribution in [2.24, 2.45) is 0 Å². The van der Waals surface area contributed by atoms with Gasteiger partial charge >= 0.3 is 0 Å². The van der Waals surface area contributed by atoms with E-state index < -0.39 is 5.67 Å². The summed E-state index contributed by atoms with van der Waals surface area (Å²) in [6.07, 6.45) is 1.70. The zero-order valence-electron chi connectivity index (χ0n) is 5.21. The van der Waals surface area contributed by atoms with Crippen LogP contribution >= 0.6 is 0 Å². The highest BCUT2D eigenvalue weighted by Crippen LogP contribution is 2.18. The van der Waals surface area contributed by atoms with Gasteiger partial charge in [-0.05, 0) is 26.3 Å². The first-order valence-corrected chi connectivity index (χ1v) is 3.10. The molecular formula is C6H12FN. The van der Waals surface area contributed by atoms with E-state index in [1.165, 1.54) is 0 Å². The second-order valence-corrected chi connectivity index (χ2v) is 2.69. The number of rotatable bonds is 0. The molecule has 0 amide bonds. The quantitative estimate of drug-likeness (QED) is 0.501. The van der Waals surface area contributed by atoms with Crippen molar-refractivity contribution in [2.75, 3.05) is 13.1 Å². The standard InChI is InChI=1S/C6H12FN/c1-6(7)3-2-4-8-5-6/h8H,2-5H2,1H3/t6-/m1/s1. The van der Waals surface area contributed by atoms with Gasteiger partial charge in [0.1, 0.15) is 5.67 Å². The van der Waals surface area contributed by atoms with Crippen LogP contribution in [0.1, 0.15) is 19.8 Å². The lowest BCUT2D eigenvalue weighted by atomic mass is 9.99. The van der Waals surface area contributed by atoms with Crippen molar-refractivity contribution in [3.63, 3.8) is 0 Å². The summed E-state index contributed by atoms with van der Waals surface area (Å²) in [4.78, 5) is 0. The number of nitrogens with one attached hydrogen (secondary N) is 1.